The summed E-state index contributed by atoms with van der Waals surface area (Å²) in [5.41, 5.74) is 0. The largest absolute Gasteiger partial charge is 0.393 e. The van der Waals surface area contributed by atoms with Crippen molar-refractivity contribution in [2.24, 2.45) is 0 Å². The first-order valence-corrected chi connectivity index (χ1v) is 10.2. The zero-order valence-corrected chi connectivity index (χ0v) is 17.0. The van der Waals surface area contributed by atoms with Crippen molar-refractivity contribution in [3.8, 4) is 0 Å². The van der Waals surface area contributed by atoms with Gasteiger partial charge < -0.3 is 19.5 Å². The second-order valence-electron chi connectivity index (χ2n) is 8.12. The Bertz CT molecular complexity index is 616. The van der Waals surface area contributed by atoms with Crippen LogP contribution in [-0.2, 0) is 17.9 Å². The van der Waals surface area contributed by atoms with Gasteiger partial charge in [-0.2, -0.15) is 0 Å². The molecule has 0 saturated carbocycles. The highest BCUT2D eigenvalue weighted by Crippen LogP contribution is 2.27. The fourth-order valence-corrected chi connectivity index (χ4v) is 4.15. The Balaban J connectivity index is 1.53. The molecule has 8 nitrogen and oxygen atoms in total. The first-order valence-electron chi connectivity index (χ1n) is 10.2. The van der Waals surface area contributed by atoms with Crippen molar-refractivity contribution in [2.45, 2.75) is 57.7 Å². The van der Waals surface area contributed by atoms with Crippen LogP contribution in [0.15, 0.2) is 0 Å². The summed E-state index contributed by atoms with van der Waals surface area (Å²) < 4.78 is 2.24. The lowest BCUT2D eigenvalue weighted by Gasteiger charge is -2.35. The second kappa shape index (κ2) is 9.12. The van der Waals surface area contributed by atoms with Crippen LogP contribution in [0, 0.1) is 0 Å². The van der Waals surface area contributed by atoms with Crippen LogP contribution in [0.2, 0.25) is 0 Å². The Morgan fingerprint density at radius 1 is 1.11 bits per heavy atom. The van der Waals surface area contributed by atoms with Crippen molar-refractivity contribution in [3.05, 3.63) is 11.6 Å². The Morgan fingerprint density at radius 3 is 2.37 bits per heavy atom. The number of nitrogens with zero attached hydrogens (tertiary/aromatic N) is 6. The van der Waals surface area contributed by atoms with Crippen LogP contribution >= 0.6 is 0 Å². The Morgan fingerprint density at radius 2 is 1.78 bits per heavy atom. The molecule has 0 aromatic carbocycles. The van der Waals surface area contributed by atoms with E-state index in [1.165, 1.54) is 0 Å². The Kier molecular flexibility index (Phi) is 6.83. The van der Waals surface area contributed by atoms with Crippen molar-refractivity contribution >= 4 is 5.91 Å². The van der Waals surface area contributed by atoms with Crippen molar-refractivity contribution in [1.82, 2.24) is 29.5 Å². The summed E-state index contributed by atoms with van der Waals surface area (Å²) in [6, 6.07) is 0. The smallest absolute Gasteiger partial charge is 0.236 e. The van der Waals surface area contributed by atoms with Gasteiger partial charge in [0.1, 0.15) is 11.6 Å². The van der Waals surface area contributed by atoms with Crippen LogP contribution in [-0.4, -0.2) is 93.4 Å². The number of piperidine rings is 2. The fraction of sp³-hybridized carbons (Fsp3) is 0.842. The number of likely N-dealkylation sites (tertiary alicyclic amines) is 2. The van der Waals surface area contributed by atoms with E-state index in [9.17, 15) is 9.90 Å². The number of carbonyl (C=O) groups excluding carboxylic acids is 1. The molecule has 152 valence electrons. The summed E-state index contributed by atoms with van der Waals surface area (Å²) in [6.07, 6.45) is 3.25. The normalized spacial score (nSPS) is 20.6. The molecule has 1 N–H and O–H groups in total. The van der Waals surface area contributed by atoms with Gasteiger partial charge in [0.25, 0.3) is 0 Å². The lowest BCUT2D eigenvalue weighted by molar-refractivity contribution is -0.134. The fourth-order valence-electron chi connectivity index (χ4n) is 4.15. The van der Waals surface area contributed by atoms with E-state index in [4.69, 9.17) is 0 Å². The maximum atomic E-state index is 12.6. The van der Waals surface area contributed by atoms with Crippen LogP contribution in [0.5, 0.6) is 0 Å². The van der Waals surface area contributed by atoms with E-state index < -0.39 is 0 Å². The number of carbonyl (C=O) groups is 1. The number of amides is 1. The second-order valence-corrected chi connectivity index (χ2v) is 8.12. The summed E-state index contributed by atoms with van der Waals surface area (Å²) in [4.78, 5) is 18.9. The van der Waals surface area contributed by atoms with Crippen molar-refractivity contribution < 1.29 is 9.90 Å². The number of hydrogen-bond acceptors (Lipinski definition) is 6. The average Bonchev–Trinajstić information content (AvgIpc) is 3.05. The minimum atomic E-state index is -0.194. The van der Waals surface area contributed by atoms with Gasteiger partial charge in [-0.25, -0.2) is 0 Å². The van der Waals surface area contributed by atoms with Crippen LogP contribution < -0.4 is 0 Å². The average molecular weight is 379 g/mol. The van der Waals surface area contributed by atoms with Crippen LogP contribution in [0.25, 0.3) is 0 Å². The molecule has 0 radical (unpaired) electrons. The van der Waals surface area contributed by atoms with Crippen molar-refractivity contribution in [1.29, 1.82) is 0 Å². The first kappa shape index (κ1) is 20.2. The van der Waals surface area contributed by atoms with Gasteiger partial charge >= 0.3 is 0 Å². The Hall–Kier alpha value is -1.51. The third-order valence-electron chi connectivity index (χ3n) is 5.76. The summed E-state index contributed by atoms with van der Waals surface area (Å²) in [7, 11) is 4.09. The lowest BCUT2D eigenvalue weighted by atomic mass is 9.95. The third kappa shape index (κ3) is 5.06. The maximum absolute atomic E-state index is 12.6. The van der Waals surface area contributed by atoms with E-state index in [1.807, 2.05) is 19.0 Å². The molecule has 2 saturated heterocycles. The zero-order valence-electron chi connectivity index (χ0n) is 17.0. The molecule has 1 aromatic heterocycles. The minimum Gasteiger partial charge on any atom is -0.393 e. The summed E-state index contributed by atoms with van der Waals surface area (Å²) in [5, 5.41) is 18.5. The number of aromatic nitrogens is 3. The van der Waals surface area contributed by atoms with Crippen molar-refractivity contribution in [3.63, 3.8) is 0 Å². The summed E-state index contributed by atoms with van der Waals surface area (Å²) >= 11 is 0. The van der Waals surface area contributed by atoms with Gasteiger partial charge in [-0.15, -0.1) is 10.2 Å². The van der Waals surface area contributed by atoms with Gasteiger partial charge in [0.2, 0.25) is 5.91 Å². The number of hydrogen-bond donors (Lipinski definition) is 1. The third-order valence-corrected chi connectivity index (χ3v) is 5.76. The molecule has 3 heterocycles. The highest BCUT2D eigenvalue weighted by Gasteiger charge is 2.29. The predicted molar refractivity (Wildman–Crippen MR) is 103 cm³/mol. The van der Waals surface area contributed by atoms with Gasteiger partial charge in [-0.1, -0.05) is 0 Å². The van der Waals surface area contributed by atoms with Gasteiger partial charge in [-0.05, 0) is 46.7 Å². The van der Waals surface area contributed by atoms with Crippen LogP contribution in [0.1, 0.15) is 50.2 Å². The molecule has 8 heteroatoms. The topological polar surface area (TPSA) is 77.7 Å². The van der Waals surface area contributed by atoms with Gasteiger partial charge in [0.05, 0.1) is 19.2 Å². The Labute approximate surface area is 162 Å². The molecule has 2 fully saturated rings. The van der Waals surface area contributed by atoms with E-state index >= 15 is 0 Å². The molecule has 0 atom stereocenters. The predicted octanol–water partition coefficient (Wildman–Crippen LogP) is 0.522. The first-order chi connectivity index (χ1) is 13.0. The van der Waals surface area contributed by atoms with Gasteiger partial charge in [0.15, 0.2) is 0 Å². The molecule has 0 spiro atoms. The van der Waals surface area contributed by atoms with Crippen LogP contribution in [0.3, 0.4) is 0 Å². The monoisotopic (exact) mass is 378 g/mol. The standard InChI is InChI=1S/C19H34N6O2/c1-4-25-17(13-22(2)3)20-21-19(25)15-5-11-24(12-6-15)18(27)14-23-9-7-16(26)8-10-23/h15-16,26H,4-14H2,1-3H3. The van der Waals surface area contributed by atoms with Gasteiger partial charge in [0, 0.05) is 38.6 Å². The molecular weight excluding hydrogens is 344 g/mol. The lowest BCUT2D eigenvalue weighted by Crippen LogP contribution is -2.46. The molecule has 1 amide bonds. The quantitative estimate of drug-likeness (QED) is 0.778. The highest BCUT2D eigenvalue weighted by molar-refractivity contribution is 5.78. The molecule has 0 unspecified atom stereocenters. The summed E-state index contributed by atoms with van der Waals surface area (Å²) in [5.74, 6) is 2.69. The number of rotatable bonds is 6. The molecule has 27 heavy (non-hydrogen) atoms. The number of aliphatic hydroxyl groups excluding tert-OH is 1. The van der Waals surface area contributed by atoms with E-state index in [2.05, 4.69) is 31.5 Å². The highest BCUT2D eigenvalue weighted by atomic mass is 16.3. The summed E-state index contributed by atoms with van der Waals surface area (Å²) in [6.45, 7) is 7.51. The van der Waals surface area contributed by atoms with E-state index in [0.717, 1.165) is 76.6 Å². The molecule has 2 aliphatic rings. The van der Waals surface area contributed by atoms with E-state index in [1.54, 1.807) is 0 Å². The number of aliphatic hydroxyl groups is 1. The van der Waals surface area contributed by atoms with Crippen molar-refractivity contribution in [2.75, 3.05) is 46.8 Å². The van der Waals surface area contributed by atoms with Crippen LogP contribution in [0.4, 0.5) is 0 Å². The molecule has 3 rings (SSSR count). The molecule has 1 aromatic rings. The SMILES string of the molecule is CCn1c(CN(C)C)nnc1C1CCN(C(=O)CN2CCC(O)CC2)CC1. The molecular formula is C19H34N6O2. The van der Waals surface area contributed by atoms with E-state index in [0.29, 0.717) is 12.5 Å². The molecule has 0 bridgehead atoms. The van der Waals surface area contributed by atoms with E-state index in [-0.39, 0.29) is 12.0 Å². The molecule has 2 aliphatic heterocycles. The maximum Gasteiger partial charge on any atom is 0.236 e. The van der Waals surface area contributed by atoms with Gasteiger partial charge in [-0.3, -0.25) is 9.69 Å². The minimum absolute atomic E-state index is 0.194. The zero-order chi connectivity index (χ0) is 19.4. The molecule has 0 aliphatic carbocycles.